The molecule has 56 valence electrons. The lowest BCUT2D eigenvalue weighted by Gasteiger charge is -1.94. The predicted molar refractivity (Wildman–Crippen MR) is 44.8 cm³/mol. The fraction of sp³-hybridized carbons (Fsp3) is 0.143. The molecule has 0 aromatic heterocycles. The van der Waals surface area contributed by atoms with E-state index in [1.807, 2.05) is 6.92 Å². The predicted octanol–water partition coefficient (Wildman–Crippen LogP) is -0.203. The van der Waals surface area contributed by atoms with Gasteiger partial charge in [0.2, 0.25) is 0 Å². The molecule has 0 aromatic rings. The largest absolute Gasteiger partial charge is 0.323 e. The average Bonchev–Trinajstić information content (AvgIpc) is 2.18. The van der Waals surface area contributed by atoms with Crippen molar-refractivity contribution in [3.05, 3.63) is 11.8 Å². The summed E-state index contributed by atoms with van der Waals surface area (Å²) in [6.07, 6.45) is 3.22. The molecule has 1 aliphatic rings. The number of hydrogen-bond donors (Lipinski definition) is 2. The minimum absolute atomic E-state index is 0.685. The molecule has 0 fully saturated rings. The van der Waals surface area contributed by atoms with Crippen LogP contribution in [0.3, 0.4) is 0 Å². The maximum Gasteiger partial charge on any atom is 0.0981 e. The highest BCUT2D eigenvalue weighted by atomic mass is 15.1. The molecule has 0 unspecified atom stereocenters. The van der Waals surface area contributed by atoms with Crippen LogP contribution in [0.1, 0.15) is 6.92 Å². The zero-order valence-electron chi connectivity index (χ0n) is 6.13. The van der Waals surface area contributed by atoms with E-state index < -0.39 is 0 Å². The van der Waals surface area contributed by atoms with E-state index in [1.165, 1.54) is 6.21 Å². The fourth-order valence-electron chi connectivity index (χ4n) is 0.628. The van der Waals surface area contributed by atoms with Crippen LogP contribution < -0.4 is 11.2 Å². The number of rotatable bonds is 1. The minimum atomic E-state index is 0.685. The number of hydrogen-bond acceptors (Lipinski definition) is 4. The van der Waals surface area contributed by atoms with E-state index in [9.17, 15) is 0 Å². The van der Waals surface area contributed by atoms with Gasteiger partial charge in [0.1, 0.15) is 0 Å². The van der Waals surface area contributed by atoms with Crippen molar-refractivity contribution in [1.82, 2.24) is 5.32 Å². The van der Waals surface area contributed by atoms with Crippen LogP contribution in [0.4, 0.5) is 0 Å². The van der Waals surface area contributed by atoms with Gasteiger partial charge in [-0.25, -0.2) is 0 Å². The summed E-state index contributed by atoms with van der Waals surface area (Å²) in [6, 6.07) is 5.14. The average molecular weight is 148 g/mol. The Morgan fingerprint density at radius 1 is 1.82 bits per heavy atom. The lowest BCUT2D eigenvalue weighted by Crippen LogP contribution is -2.04. The molecule has 1 heterocycles. The molecule has 3 N–H and O–H groups in total. The third-order valence-electron chi connectivity index (χ3n) is 1.19. The van der Waals surface area contributed by atoms with Crippen LogP contribution in [0.25, 0.3) is 0 Å². The zero-order chi connectivity index (χ0) is 8.10. The summed E-state index contributed by atoms with van der Waals surface area (Å²) in [5, 5.41) is 6.10. The van der Waals surface area contributed by atoms with Gasteiger partial charge in [0.05, 0.1) is 18.0 Å². The van der Waals surface area contributed by atoms with Crippen LogP contribution >= 0.6 is 0 Å². The molecule has 1 rings (SSSR count). The monoisotopic (exact) mass is 148 g/mol. The Kier molecular flexibility index (Phi) is 2.28. The van der Waals surface area contributed by atoms with Crippen LogP contribution in [-0.4, -0.2) is 11.9 Å². The summed E-state index contributed by atoms with van der Waals surface area (Å²) in [5.41, 5.74) is 1.63. The molecule has 0 saturated heterocycles. The first-order valence-corrected chi connectivity index (χ1v) is 3.08. The van der Waals surface area contributed by atoms with Gasteiger partial charge in [0.25, 0.3) is 0 Å². The van der Waals surface area contributed by atoms with Gasteiger partial charge in [-0.15, -0.1) is 0 Å². The number of nitrogens with one attached hydrogen (secondary N) is 1. The Hall–Kier alpha value is -1.76. The Bertz CT molecular complexity index is 287. The van der Waals surface area contributed by atoms with Crippen LogP contribution in [0, 0.1) is 12.1 Å². The van der Waals surface area contributed by atoms with Crippen molar-refractivity contribution in [3.63, 3.8) is 0 Å². The molecule has 1 aliphatic heterocycles. The highest BCUT2D eigenvalue weighted by Crippen LogP contribution is 1.94. The summed E-state index contributed by atoms with van der Waals surface area (Å²) in [6.45, 7) is 1.89. The zero-order valence-corrected chi connectivity index (χ0v) is 6.13. The van der Waals surface area contributed by atoms with E-state index in [-0.39, 0.29) is 0 Å². The normalized spacial score (nSPS) is 15.7. The van der Waals surface area contributed by atoms with Gasteiger partial charge in [-0.1, -0.05) is 0 Å². The Balaban J connectivity index is 2.92. The van der Waals surface area contributed by atoms with Gasteiger partial charge >= 0.3 is 0 Å². The first-order valence-electron chi connectivity index (χ1n) is 3.08. The van der Waals surface area contributed by atoms with E-state index in [0.717, 1.165) is 5.57 Å². The SMILES string of the molecule is CC1=CNC#CN=C1/C=N\N. The molecule has 0 spiro atoms. The van der Waals surface area contributed by atoms with Crippen LogP contribution in [0.2, 0.25) is 0 Å². The van der Waals surface area contributed by atoms with Gasteiger partial charge in [-0.05, 0) is 12.5 Å². The van der Waals surface area contributed by atoms with Gasteiger partial charge in [0.15, 0.2) is 0 Å². The first kappa shape index (κ1) is 7.35. The highest BCUT2D eigenvalue weighted by molar-refractivity contribution is 6.38. The van der Waals surface area contributed by atoms with E-state index in [1.54, 1.807) is 6.20 Å². The van der Waals surface area contributed by atoms with Gasteiger partial charge in [-0.3, -0.25) is 0 Å². The number of hydrazone groups is 1. The number of nitrogens with zero attached hydrogens (tertiary/aromatic N) is 2. The molecule has 11 heavy (non-hydrogen) atoms. The van der Waals surface area contributed by atoms with Crippen molar-refractivity contribution in [2.45, 2.75) is 6.92 Å². The quantitative estimate of drug-likeness (QED) is 0.234. The third kappa shape index (κ3) is 1.83. The Labute approximate surface area is 64.9 Å². The van der Waals surface area contributed by atoms with Gasteiger partial charge in [0, 0.05) is 12.2 Å². The summed E-state index contributed by atoms with van der Waals surface area (Å²) in [7, 11) is 0. The minimum Gasteiger partial charge on any atom is -0.323 e. The number of aliphatic imine (C=N–C) groups is 1. The Morgan fingerprint density at radius 3 is 3.36 bits per heavy atom. The number of allylic oxidation sites excluding steroid dienone is 1. The Morgan fingerprint density at radius 2 is 2.64 bits per heavy atom. The van der Waals surface area contributed by atoms with Crippen molar-refractivity contribution in [2.75, 3.05) is 0 Å². The van der Waals surface area contributed by atoms with E-state index in [2.05, 4.69) is 27.5 Å². The molecule has 0 saturated carbocycles. The van der Waals surface area contributed by atoms with Crippen molar-refractivity contribution in [1.29, 1.82) is 0 Å². The highest BCUT2D eigenvalue weighted by Gasteiger charge is 1.98. The molecule has 0 bridgehead atoms. The van der Waals surface area contributed by atoms with E-state index >= 15 is 0 Å². The van der Waals surface area contributed by atoms with Crippen LogP contribution in [-0.2, 0) is 0 Å². The summed E-state index contributed by atoms with van der Waals surface area (Å²) >= 11 is 0. The summed E-state index contributed by atoms with van der Waals surface area (Å²) < 4.78 is 0. The third-order valence-corrected chi connectivity index (χ3v) is 1.19. The molecule has 0 amide bonds. The molecular formula is C7H8N4. The molecular weight excluding hydrogens is 140 g/mol. The standard InChI is InChI=1S/C7H8N4/c1-6-4-9-2-3-10-7(6)5-11-8/h4-5,9H,8H2,1H3/b11-5-. The topological polar surface area (TPSA) is 62.8 Å². The molecule has 0 radical (unpaired) electrons. The maximum atomic E-state index is 4.97. The molecule has 4 nitrogen and oxygen atoms in total. The maximum absolute atomic E-state index is 4.97. The lowest BCUT2D eigenvalue weighted by molar-refractivity contribution is 1.24. The van der Waals surface area contributed by atoms with Crippen molar-refractivity contribution >= 4 is 11.9 Å². The van der Waals surface area contributed by atoms with E-state index in [0.29, 0.717) is 5.71 Å². The molecule has 0 aromatic carbocycles. The second kappa shape index (κ2) is 3.42. The van der Waals surface area contributed by atoms with Crippen molar-refractivity contribution in [2.24, 2.45) is 15.9 Å². The van der Waals surface area contributed by atoms with Gasteiger partial charge in [-0.2, -0.15) is 10.1 Å². The second-order valence-electron chi connectivity index (χ2n) is 1.98. The first-order chi connectivity index (χ1) is 5.34. The van der Waals surface area contributed by atoms with Crippen LogP contribution in [0.15, 0.2) is 21.9 Å². The molecule has 4 heteroatoms. The number of nitrogens with two attached hydrogens (primary N) is 1. The molecule has 0 aliphatic carbocycles. The van der Waals surface area contributed by atoms with Crippen molar-refractivity contribution in [3.8, 4) is 12.1 Å². The van der Waals surface area contributed by atoms with E-state index in [4.69, 9.17) is 5.84 Å². The van der Waals surface area contributed by atoms with Crippen molar-refractivity contribution < 1.29 is 0 Å². The fourth-order valence-corrected chi connectivity index (χ4v) is 0.628. The summed E-state index contributed by atoms with van der Waals surface area (Å²) in [5.74, 6) is 4.97. The smallest absolute Gasteiger partial charge is 0.0981 e. The lowest BCUT2D eigenvalue weighted by atomic mass is 10.2. The second-order valence-corrected chi connectivity index (χ2v) is 1.98. The molecule has 0 atom stereocenters. The van der Waals surface area contributed by atoms with Gasteiger partial charge < -0.3 is 11.2 Å². The summed E-state index contributed by atoms with van der Waals surface area (Å²) in [4.78, 5) is 3.89. The van der Waals surface area contributed by atoms with Crippen LogP contribution in [0.5, 0.6) is 0 Å².